The van der Waals surface area contributed by atoms with E-state index in [1.54, 1.807) is 0 Å². The van der Waals surface area contributed by atoms with Crippen molar-refractivity contribution < 1.29 is 28.6 Å². The van der Waals surface area contributed by atoms with Crippen molar-refractivity contribution >= 4 is 17.9 Å². The number of carbonyl (C=O) groups excluding carboxylic acids is 3. The van der Waals surface area contributed by atoms with Gasteiger partial charge in [-0.15, -0.1) is 0 Å². The Kier molecular flexibility index (Phi) is 17.9. The molecule has 0 N–H and O–H groups in total. The number of carbonyl (C=O) groups is 3. The minimum atomic E-state index is -0.373. The highest BCUT2D eigenvalue weighted by atomic mass is 16.6. The lowest BCUT2D eigenvalue weighted by Crippen LogP contribution is -2.55. The van der Waals surface area contributed by atoms with Gasteiger partial charge >= 0.3 is 17.9 Å². The molecule has 4 rings (SSSR count). The standard InChI is InChI=1S/C42H71NO6/c1-6-7-8-9-10-11-12-13-14-15-16-17-18-19-20-22-37(44)47-29-36(30-48-38(45)23-21-24-43(4)5)31-49-39(46)28-42-27-35-25-40(2,33-42)32-41(3,26-35)34-42/h10-11,13-14,35-36H,6-9,12,15-34H2,1-5H3/b11-10-,14-13-/t35?,36?,40-,41+,42?. The van der Waals surface area contributed by atoms with Crippen LogP contribution in [0.1, 0.15) is 156 Å². The zero-order chi connectivity index (χ0) is 35.6. The van der Waals surface area contributed by atoms with Crippen LogP contribution in [-0.4, -0.2) is 63.3 Å². The van der Waals surface area contributed by atoms with Gasteiger partial charge in [-0.3, -0.25) is 14.4 Å². The third-order valence-corrected chi connectivity index (χ3v) is 11.0. The predicted molar refractivity (Wildman–Crippen MR) is 198 cm³/mol. The normalized spacial score (nSPS) is 26.5. The fraction of sp³-hybridized carbons (Fsp3) is 0.833. The summed E-state index contributed by atoms with van der Waals surface area (Å²) >= 11 is 0. The van der Waals surface area contributed by atoms with Crippen LogP contribution in [0.2, 0.25) is 0 Å². The Morgan fingerprint density at radius 2 is 1.20 bits per heavy atom. The molecule has 4 saturated carbocycles. The van der Waals surface area contributed by atoms with Crippen LogP contribution >= 0.6 is 0 Å². The lowest BCUT2D eigenvalue weighted by molar-refractivity contribution is -0.170. The van der Waals surface area contributed by atoms with Gasteiger partial charge < -0.3 is 19.1 Å². The van der Waals surface area contributed by atoms with Crippen molar-refractivity contribution in [3.63, 3.8) is 0 Å². The van der Waals surface area contributed by atoms with E-state index in [4.69, 9.17) is 14.2 Å². The number of nitrogens with zero attached hydrogens (tertiary/aromatic N) is 1. The van der Waals surface area contributed by atoms with E-state index in [0.717, 1.165) is 70.3 Å². The van der Waals surface area contributed by atoms with Crippen molar-refractivity contribution in [1.82, 2.24) is 4.90 Å². The Bertz CT molecular complexity index is 1050. The Morgan fingerprint density at radius 1 is 0.673 bits per heavy atom. The number of hydrogen-bond acceptors (Lipinski definition) is 7. The van der Waals surface area contributed by atoms with Gasteiger partial charge in [0.2, 0.25) is 0 Å². The number of allylic oxidation sites excluding steroid dienone is 4. The van der Waals surface area contributed by atoms with Gasteiger partial charge in [-0.1, -0.05) is 77.2 Å². The first kappa shape index (κ1) is 41.3. The Labute approximate surface area is 299 Å². The summed E-state index contributed by atoms with van der Waals surface area (Å²) in [4.78, 5) is 40.2. The third-order valence-electron chi connectivity index (χ3n) is 11.0. The SMILES string of the molecule is CCCCC/C=C\C/C=C\CCCCCCCC(=O)OCC(COC(=O)CCCN(C)C)COC(=O)CC12CC3C[C@@](C)(C1)C[C@](C)(C3)C2. The summed E-state index contributed by atoms with van der Waals surface area (Å²) in [6.45, 7) is 8.14. The van der Waals surface area contributed by atoms with Gasteiger partial charge in [-0.2, -0.15) is 0 Å². The summed E-state index contributed by atoms with van der Waals surface area (Å²) in [5, 5.41) is 0. The van der Waals surface area contributed by atoms with Crippen molar-refractivity contribution in [2.75, 3.05) is 40.5 Å². The molecule has 4 aliphatic rings. The van der Waals surface area contributed by atoms with Crippen LogP contribution in [0.3, 0.4) is 0 Å². The minimum absolute atomic E-state index is 0.0441. The molecule has 0 aromatic rings. The Hall–Kier alpha value is -2.15. The summed E-state index contributed by atoms with van der Waals surface area (Å²) in [5.41, 5.74) is 0.727. The molecule has 7 nitrogen and oxygen atoms in total. The largest absolute Gasteiger partial charge is 0.465 e. The average molecular weight is 686 g/mol. The van der Waals surface area contributed by atoms with E-state index >= 15 is 0 Å². The molecule has 0 amide bonds. The van der Waals surface area contributed by atoms with Gasteiger partial charge in [0.25, 0.3) is 0 Å². The average Bonchev–Trinajstić information content (AvgIpc) is 3.00. The van der Waals surface area contributed by atoms with E-state index in [1.165, 1.54) is 57.8 Å². The molecule has 0 radical (unpaired) electrons. The fourth-order valence-electron chi connectivity index (χ4n) is 9.78. The molecule has 0 aliphatic heterocycles. The first-order valence-corrected chi connectivity index (χ1v) is 19.9. The van der Waals surface area contributed by atoms with Crippen molar-refractivity contribution in [2.24, 2.45) is 28.1 Å². The fourth-order valence-corrected chi connectivity index (χ4v) is 9.78. The Balaban J connectivity index is 1.34. The van der Waals surface area contributed by atoms with E-state index in [-0.39, 0.29) is 49.1 Å². The highest BCUT2D eigenvalue weighted by molar-refractivity contribution is 5.71. The summed E-state index contributed by atoms with van der Waals surface area (Å²) in [6.07, 6.45) is 30.7. The van der Waals surface area contributed by atoms with Gasteiger partial charge in [-0.05, 0) is 126 Å². The first-order chi connectivity index (χ1) is 23.4. The molecular weight excluding hydrogens is 614 g/mol. The molecule has 4 fully saturated rings. The van der Waals surface area contributed by atoms with E-state index in [2.05, 4.69) is 45.1 Å². The van der Waals surface area contributed by atoms with Crippen LogP contribution in [0.15, 0.2) is 24.3 Å². The van der Waals surface area contributed by atoms with Crippen LogP contribution in [0.25, 0.3) is 0 Å². The van der Waals surface area contributed by atoms with Crippen molar-refractivity contribution in [2.45, 2.75) is 156 Å². The number of rotatable bonds is 26. The molecule has 0 heterocycles. The van der Waals surface area contributed by atoms with Crippen molar-refractivity contribution in [3.8, 4) is 0 Å². The molecule has 49 heavy (non-hydrogen) atoms. The molecule has 4 aliphatic carbocycles. The van der Waals surface area contributed by atoms with Crippen LogP contribution in [0.5, 0.6) is 0 Å². The zero-order valence-electron chi connectivity index (χ0n) is 32.0. The number of unbranched alkanes of at least 4 members (excludes halogenated alkanes) is 8. The first-order valence-electron chi connectivity index (χ1n) is 19.9. The van der Waals surface area contributed by atoms with Gasteiger partial charge in [0.05, 0.1) is 12.3 Å². The van der Waals surface area contributed by atoms with Crippen LogP contribution in [-0.2, 0) is 28.6 Å². The van der Waals surface area contributed by atoms with Gasteiger partial charge in [0.15, 0.2) is 0 Å². The number of ether oxygens (including phenoxy) is 3. The highest BCUT2D eigenvalue weighted by Gasteiger charge is 2.60. The Morgan fingerprint density at radius 3 is 1.78 bits per heavy atom. The summed E-state index contributed by atoms with van der Waals surface area (Å²) in [6, 6.07) is 0. The van der Waals surface area contributed by atoms with E-state index < -0.39 is 0 Å². The molecule has 0 saturated heterocycles. The summed E-state index contributed by atoms with van der Waals surface area (Å²) in [7, 11) is 3.95. The predicted octanol–water partition coefficient (Wildman–Crippen LogP) is 9.77. The smallest absolute Gasteiger partial charge is 0.306 e. The third kappa shape index (κ3) is 16.2. The zero-order valence-corrected chi connectivity index (χ0v) is 32.0. The molecular formula is C42H71NO6. The molecule has 0 aromatic carbocycles. The molecule has 0 aromatic heterocycles. The molecule has 7 heteroatoms. The highest BCUT2D eigenvalue weighted by Crippen LogP contribution is 2.70. The molecule has 5 atom stereocenters. The second kappa shape index (κ2) is 21.3. The van der Waals surface area contributed by atoms with Crippen LogP contribution in [0, 0.1) is 28.1 Å². The topological polar surface area (TPSA) is 82.1 Å². The number of hydrogen-bond donors (Lipinski definition) is 0. The molecule has 3 unspecified atom stereocenters. The van der Waals surface area contributed by atoms with Crippen molar-refractivity contribution in [3.05, 3.63) is 24.3 Å². The van der Waals surface area contributed by atoms with Crippen LogP contribution < -0.4 is 0 Å². The molecule has 0 spiro atoms. The molecule has 280 valence electrons. The summed E-state index contributed by atoms with van der Waals surface area (Å²) in [5.74, 6) is -0.341. The minimum Gasteiger partial charge on any atom is -0.465 e. The maximum absolute atomic E-state index is 13.2. The monoisotopic (exact) mass is 686 g/mol. The second-order valence-corrected chi connectivity index (χ2v) is 17.1. The second-order valence-electron chi connectivity index (χ2n) is 17.1. The van der Waals surface area contributed by atoms with Gasteiger partial charge in [0.1, 0.15) is 19.8 Å². The van der Waals surface area contributed by atoms with Gasteiger partial charge in [0, 0.05) is 12.8 Å². The lowest BCUT2D eigenvalue weighted by atomic mass is 9.40. The maximum atomic E-state index is 13.2. The van der Waals surface area contributed by atoms with E-state index in [1.807, 2.05) is 19.0 Å². The van der Waals surface area contributed by atoms with E-state index in [9.17, 15) is 14.4 Å². The number of esters is 3. The van der Waals surface area contributed by atoms with Crippen LogP contribution in [0.4, 0.5) is 0 Å². The maximum Gasteiger partial charge on any atom is 0.306 e. The summed E-state index contributed by atoms with van der Waals surface area (Å²) < 4.78 is 17.0. The van der Waals surface area contributed by atoms with Gasteiger partial charge in [-0.25, -0.2) is 0 Å². The molecule has 4 bridgehead atoms. The quantitative estimate of drug-likeness (QED) is 0.0388. The lowest BCUT2D eigenvalue weighted by Gasteiger charge is -2.65. The van der Waals surface area contributed by atoms with E-state index in [0.29, 0.717) is 30.1 Å². The van der Waals surface area contributed by atoms with Crippen molar-refractivity contribution in [1.29, 1.82) is 0 Å².